The summed E-state index contributed by atoms with van der Waals surface area (Å²) in [7, 11) is 0. The molecule has 1 fully saturated rings. The van der Waals surface area contributed by atoms with Crippen molar-refractivity contribution in [2.45, 2.75) is 32.6 Å². The number of rotatable bonds is 2. The Labute approximate surface area is 107 Å². The summed E-state index contributed by atoms with van der Waals surface area (Å²) in [5.41, 5.74) is 2.45. The molecule has 0 unspecified atom stereocenters. The first-order valence-electron chi connectivity index (χ1n) is 6.64. The van der Waals surface area contributed by atoms with E-state index in [1.54, 1.807) is 11.0 Å². The number of benzene rings is 1. The summed E-state index contributed by atoms with van der Waals surface area (Å²) in [6.07, 6.45) is 4.86. The highest BCUT2D eigenvalue weighted by molar-refractivity contribution is 6.52. The van der Waals surface area contributed by atoms with Gasteiger partial charge in [0.1, 0.15) is 0 Å². The molecule has 0 spiro atoms. The van der Waals surface area contributed by atoms with Gasteiger partial charge in [0.2, 0.25) is 0 Å². The van der Waals surface area contributed by atoms with Crippen molar-refractivity contribution in [1.82, 2.24) is 0 Å². The number of carbonyl (C=O) groups is 2. The van der Waals surface area contributed by atoms with E-state index in [0.29, 0.717) is 18.0 Å². The van der Waals surface area contributed by atoms with E-state index < -0.39 is 0 Å². The number of ketones is 1. The molecule has 1 saturated carbocycles. The molecule has 1 aromatic carbocycles. The highest BCUT2D eigenvalue weighted by Crippen LogP contribution is 2.35. The Hall–Kier alpha value is -1.64. The molecular weight excluding hydrogens is 226 g/mol. The van der Waals surface area contributed by atoms with Gasteiger partial charge in [-0.1, -0.05) is 25.0 Å². The molecule has 0 bridgehead atoms. The monoisotopic (exact) mass is 243 g/mol. The van der Waals surface area contributed by atoms with Crippen molar-refractivity contribution in [2.75, 3.05) is 11.4 Å². The molecule has 0 radical (unpaired) electrons. The fourth-order valence-corrected chi connectivity index (χ4v) is 3.17. The summed E-state index contributed by atoms with van der Waals surface area (Å²) in [4.78, 5) is 25.7. The van der Waals surface area contributed by atoms with Crippen LogP contribution < -0.4 is 4.90 Å². The molecule has 1 aromatic rings. The molecule has 18 heavy (non-hydrogen) atoms. The molecule has 0 N–H and O–H groups in total. The zero-order valence-electron chi connectivity index (χ0n) is 10.6. The average Bonchev–Trinajstić information content (AvgIpc) is 2.94. The van der Waals surface area contributed by atoms with Crippen LogP contribution >= 0.6 is 0 Å². The van der Waals surface area contributed by atoms with Crippen molar-refractivity contribution in [3.05, 3.63) is 29.3 Å². The van der Waals surface area contributed by atoms with Gasteiger partial charge in [-0.2, -0.15) is 0 Å². The summed E-state index contributed by atoms with van der Waals surface area (Å²) in [5.74, 6) is -0.120. The van der Waals surface area contributed by atoms with Crippen molar-refractivity contribution in [3.63, 3.8) is 0 Å². The summed E-state index contributed by atoms with van der Waals surface area (Å²) in [5, 5.41) is 0. The van der Waals surface area contributed by atoms with Gasteiger partial charge in [-0.15, -0.1) is 0 Å². The van der Waals surface area contributed by atoms with Gasteiger partial charge in [-0.05, 0) is 37.3 Å². The van der Waals surface area contributed by atoms with E-state index in [2.05, 4.69) is 0 Å². The first-order valence-corrected chi connectivity index (χ1v) is 6.64. The number of anilines is 1. The predicted octanol–water partition coefficient (Wildman–Crippen LogP) is 2.71. The Balaban J connectivity index is 1.96. The Kier molecular flexibility index (Phi) is 2.69. The third kappa shape index (κ3) is 1.65. The third-order valence-corrected chi connectivity index (χ3v) is 4.11. The Morgan fingerprint density at radius 1 is 1.22 bits per heavy atom. The molecule has 1 heterocycles. The van der Waals surface area contributed by atoms with E-state index in [-0.39, 0.29) is 11.7 Å². The lowest BCUT2D eigenvalue weighted by Gasteiger charge is -2.22. The molecule has 3 nitrogen and oxygen atoms in total. The van der Waals surface area contributed by atoms with Gasteiger partial charge in [-0.3, -0.25) is 9.59 Å². The molecule has 3 rings (SSSR count). The lowest BCUT2D eigenvalue weighted by Crippen LogP contribution is -2.34. The number of Topliss-reactive ketones (excluding diaryl/α,β-unsaturated/α-hetero) is 1. The molecule has 1 aliphatic heterocycles. The maximum Gasteiger partial charge on any atom is 0.299 e. The standard InChI is InChI=1S/C15H17NO2/c1-10-5-4-8-12-13(10)16(15(18)14(12)17)9-11-6-2-3-7-11/h4-5,8,11H,2-3,6-7,9H2,1H3. The fraction of sp³-hybridized carbons (Fsp3) is 0.467. The second kappa shape index (κ2) is 4.23. The lowest BCUT2D eigenvalue weighted by molar-refractivity contribution is -0.114. The Bertz CT molecular complexity index is 515. The Morgan fingerprint density at radius 3 is 2.67 bits per heavy atom. The van der Waals surface area contributed by atoms with Crippen LogP contribution in [0, 0.1) is 12.8 Å². The minimum atomic E-state index is -0.341. The van der Waals surface area contributed by atoms with Crippen LogP contribution in [0.25, 0.3) is 0 Å². The first-order chi connectivity index (χ1) is 8.68. The Morgan fingerprint density at radius 2 is 1.94 bits per heavy atom. The van der Waals surface area contributed by atoms with Gasteiger partial charge in [-0.25, -0.2) is 0 Å². The van der Waals surface area contributed by atoms with Crippen LogP contribution in [0.4, 0.5) is 5.69 Å². The van der Waals surface area contributed by atoms with E-state index in [1.165, 1.54) is 25.7 Å². The number of para-hydroxylation sites is 1. The highest BCUT2D eigenvalue weighted by Gasteiger charge is 2.37. The largest absolute Gasteiger partial charge is 0.304 e. The quantitative estimate of drug-likeness (QED) is 0.749. The number of nitrogens with zero attached hydrogens (tertiary/aromatic N) is 1. The van der Waals surface area contributed by atoms with Gasteiger partial charge in [0.25, 0.3) is 11.7 Å². The van der Waals surface area contributed by atoms with Crippen molar-refractivity contribution in [2.24, 2.45) is 5.92 Å². The first kappa shape index (κ1) is 11.5. The molecule has 1 aliphatic carbocycles. The van der Waals surface area contributed by atoms with Crippen LogP contribution in [-0.2, 0) is 4.79 Å². The molecule has 94 valence electrons. The summed E-state index contributed by atoms with van der Waals surface area (Å²) in [6, 6.07) is 5.57. The smallest absolute Gasteiger partial charge is 0.299 e. The maximum absolute atomic E-state index is 12.1. The number of carbonyl (C=O) groups excluding carboxylic acids is 2. The van der Waals surface area contributed by atoms with Crippen LogP contribution in [0.3, 0.4) is 0 Å². The molecule has 0 atom stereocenters. The van der Waals surface area contributed by atoms with Gasteiger partial charge >= 0.3 is 0 Å². The minimum Gasteiger partial charge on any atom is -0.304 e. The number of amides is 1. The fourth-order valence-electron chi connectivity index (χ4n) is 3.17. The van der Waals surface area contributed by atoms with Gasteiger partial charge in [0, 0.05) is 6.54 Å². The van der Waals surface area contributed by atoms with E-state index in [0.717, 1.165) is 11.3 Å². The molecule has 0 aromatic heterocycles. The van der Waals surface area contributed by atoms with Gasteiger partial charge in [0.05, 0.1) is 11.3 Å². The van der Waals surface area contributed by atoms with Crippen LogP contribution in [-0.4, -0.2) is 18.2 Å². The second-order valence-corrected chi connectivity index (χ2v) is 5.37. The lowest BCUT2D eigenvalue weighted by atomic mass is 10.1. The molecule has 0 saturated heterocycles. The van der Waals surface area contributed by atoms with E-state index in [9.17, 15) is 9.59 Å². The normalized spacial score (nSPS) is 19.7. The van der Waals surface area contributed by atoms with Crippen molar-refractivity contribution < 1.29 is 9.59 Å². The topological polar surface area (TPSA) is 37.4 Å². The van der Waals surface area contributed by atoms with Crippen LogP contribution in [0.15, 0.2) is 18.2 Å². The predicted molar refractivity (Wildman–Crippen MR) is 69.8 cm³/mol. The average molecular weight is 243 g/mol. The van der Waals surface area contributed by atoms with E-state index in [4.69, 9.17) is 0 Å². The maximum atomic E-state index is 12.1. The van der Waals surface area contributed by atoms with Crippen LogP contribution in [0.1, 0.15) is 41.6 Å². The van der Waals surface area contributed by atoms with Crippen molar-refractivity contribution in [1.29, 1.82) is 0 Å². The van der Waals surface area contributed by atoms with Gasteiger partial charge in [0.15, 0.2) is 0 Å². The van der Waals surface area contributed by atoms with E-state index in [1.807, 2.05) is 19.1 Å². The summed E-state index contributed by atoms with van der Waals surface area (Å²) in [6.45, 7) is 2.68. The molecule has 3 heteroatoms. The van der Waals surface area contributed by atoms with Crippen LogP contribution in [0.5, 0.6) is 0 Å². The van der Waals surface area contributed by atoms with Crippen molar-refractivity contribution >= 4 is 17.4 Å². The number of hydrogen-bond acceptors (Lipinski definition) is 2. The minimum absolute atomic E-state index is 0.341. The molecule has 1 amide bonds. The van der Waals surface area contributed by atoms with Crippen molar-refractivity contribution in [3.8, 4) is 0 Å². The third-order valence-electron chi connectivity index (χ3n) is 4.11. The highest BCUT2D eigenvalue weighted by atomic mass is 16.2. The SMILES string of the molecule is Cc1cccc2c1N(CC1CCCC1)C(=O)C2=O. The zero-order valence-corrected chi connectivity index (χ0v) is 10.6. The van der Waals surface area contributed by atoms with Crippen LogP contribution in [0.2, 0.25) is 0 Å². The number of hydrogen-bond donors (Lipinski definition) is 0. The second-order valence-electron chi connectivity index (χ2n) is 5.37. The summed E-state index contributed by atoms with van der Waals surface area (Å²) >= 11 is 0. The van der Waals surface area contributed by atoms with E-state index >= 15 is 0 Å². The molecular formula is C15H17NO2. The number of aryl methyl sites for hydroxylation is 1. The van der Waals surface area contributed by atoms with Gasteiger partial charge < -0.3 is 4.90 Å². The molecule has 2 aliphatic rings. The number of fused-ring (bicyclic) bond motifs is 1. The summed E-state index contributed by atoms with van der Waals surface area (Å²) < 4.78 is 0. The zero-order chi connectivity index (χ0) is 12.7.